The fourth-order valence-corrected chi connectivity index (χ4v) is 3.10. The largest absolute Gasteiger partial charge is 0.386 e. The van der Waals surface area contributed by atoms with Gasteiger partial charge in [-0.05, 0) is 40.6 Å². The van der Waals surface area contributed by atoms with Crippen molar-refractivity contribution in [3.63, 3.8) is 0 Å². The highest BCUT2D eigenvalue weighted by Crippen LogP contribution is 2.40. The van der Waals surface area contributed by atoms with Gasteiger partial charge in [0, 0.05) is 7.05 Å². The van der Waals surface area contributed by atoms with E-state index in [1.807, 2.05) is 7.05 Å². The monoisotopic (exact) mass is 272 g/mol. The molecule has 1 heterocycles. The van der Waals surface area contributed by atoms with Crippen molar-refractivity contribution >= 4 is 15.9 Å². The highest BCUT2D eigenvalue weighted by Gasteiger charge is 2.31. The molecular weight excluding hydrogens is 256 g/mol. The van der Waals surface area contributed by atoms with E-state index in [0.29, 0.717) is 5.92 Å². The minimum atomic E-state index is -0.378. The smallest absolute Gasteiger partial charge is 0.0996 e. The lowest BCUT2D eigenvalue weighted by Crippen LogP contribution is -2.14. The van der Waals surface area contributed by atoms with Crippen LogP contribution < -0.4 is 0 Å². The van der Waals surface area contributed by atoms with Crippen LogP contribution in [0.2, 0.25) is 0 Å². The van der Waals surface area contributed by atoms with E-state index in [1.54, 1.807) is 10.9 Å². The maximum Gasteiger partial charge on any atom is 0.0996 e. The van der Waals surface area contributed by atoms with Crippen LogP contribution in [0.25, 0.3) is 0 Å². The number of hydrogen-bond donors (Lipinski definition) is 1. The van der Waals surface area contributed by atoms with Gasteiger partial charge in [-0.25, -0.2) is 0 Å². The first-order valence-corrected chi connectivity index (χ1v) is 6.24. The van der Waals surface area contributed by atoms with Crippen molar-refractivity contribution in [2.45, 2.75) is 32.3 Å². The first-order valence-electron chi connectivity index (χ1n) is 5.45. The molecular formula is C11H17BrN2O. The maximum absolute atomic E-state index is 10.3. The molecule has 84 valence electrons. The van der Waals surface area contributed by atoms with Crippen molar-refractivity contribution in [3.8, 4) is 0 Å². The molecule has 4 heteroatoms. The highest BCUT2D eigenvalue weighted by atomic mass is 79.9. The van der Waals surface area contributed by atoms with E-state index >= 15 is 0 Å². The van der Waals surface area contributed by atoms with Crippen molar-refractivity contribution in [1.29, 1.82) is 0 Å². The molecule has 1 aromatic rings. The van der Waals surface area contributed by atoms with E-state index in [4.69, 9.17) is 0 Å². The molecule has 3 nitrogen and oxygen atoms in total. The van der Waals surface area contributed by atoms with Crippen LogP contribution in [0, 0.1) is 11.8 Å². The first-order chi connectivity index (χ1) is 7.09. The van der Waals surface area contributed by atoms with Crippen LogP contribution in [0.15, 0.2) is 10.7 Å². The molecule has 1 fully saturated rings. The van der Waals surface area contributed by atoms with Gasteiger partial charge < -0.3 is 5.11 Å². The molecule has 1 aliphatic carbocycles. The zero-order valence-electron chi connectivity index (χ0n) is 9.15. The van der Waals surface area contributed by atoms with Gasteiger partial charge in [0.1, 0.15) is 0 Å². The Hall–Kier alpha value is -0.350. The topological polar surface area (TPSA) is 38.1 Å². The summed E-state index contributed by atoms with van der Waals surface area (Å²) in [5, 5.41) is 14.4. The Labute approximate surface area is 98.6 Å². The van der Waals surface area contributed by atoms with Crippen LogP contribution in [0.1, 0.15) is 38.0 Å². The van der Waals surface area contributed by atoms with E-state index < -0.39 is 0 Å². The summed E-state index contributed by atoms with van der Waals surface area (Å²) in [5.74, 6) is 1.14. The van der Waals surface area contributed by atoms with Gasteiger partial charge in [0.15, 0.2) is 0 Å². The summed E-state index contributed by atoms with van der Waals surface area (Å²) >= 11 is 3.44. The summed E-state index contributed by atoms with van der Waals surface area (Å²) in [6, 6.07) is 0. The third-order valence-electron chi connectivity index (χ3n) is 3.40. The summed E-state index contributed by atoms with van der Waals surface area (Å²) in [4.78, 5) is 0. The number of halogens is 1. The summed E-state index contributed by atoms with van der Waals surface area (Å²) in [6.07, 6.45) is 4.85. The predicted octanol–water partition coefficient (Wildman–Crippen LogP) is 2.65. The van der Waals surface area contributed by atoms with Gasteiger partial charge in [0.05, 0.1) is 22.5 Å². The van der Waals surface area contributed by atoms with Gasteiger partial charge in [-0.15, -0.1) is 0 Å². The number of nitrogens with zero attached hydrogens (tertiary/aromatic N) is 2. The van der Waals surface area contributed by atoms with Gasteiger partial charge >= 0.3 is 0 Å². The van der Waals surface area contributed by atoms with Gasteiger partial charge in [-0.3, -0.25) is 4.68 Å². The number of rotatable bonds is 2. The van der Waals surface area contributed by atoms with Crippen LogP contribution in [-0.2, 0) is 7.05 Å². The zero-order valence-corrected chi connectivity index (χ0v) is 10.7. The Balaban J connectivity index is 2.17. The van der Waals surface area contributed by atoms with Gasteiger partial charge in [0.25, 0.3) is 0 Å². The lowest BCUT2D eigenvalue weighted by atomic mass is 9.97. The van der Waals surface area contributed by atoms with E-state index in [0.717, 1.165) is 28.9 Å². The Morgan fingerprint density at radius 1 is 1.60 bits per heavy atom. The van der Waals surface area contributed by atoms with Crippen LogP contribution >= 0.6 is 15.9 Å². The minimum absolute atomic E-state index is 0.378. The van der Waals surface area contributed by atoms with Crippen LogP contribution in [-0.4, -0.2) is 14.9 Å². The van der Waals surface area contributed by atoms with Gasteiger partial charge in [-0.1, -0.05) is 13.3 Å². The van der Waals surface area contributed by atoms with Gasteiger partial charge in [0.2, 0.25) is 0 Å². The van der Waals surface area contributed by atoms with Crippen molar-refractivity contribution in [1.82, 2.24) is 9.78 Å². The van der Waals surface area contributed by atoms with E-state index in [1.165, 1.54) is 6.42 Å². The molecule has 1 aliphatic rings. The quantitative estimate of drug-likeness (QED) is 0.899. The van der Waals surface area contributed by atoms with Crippen molar-refractivity contribution in [2.75, 3.05) is 0 Å². The molecule has 1 aromatic heterocycles. The van der Waals surface area contributed by atoms with Gasteiger partial charge in [-0.2, -0.15) is 5.10 Å². The summed E-state index contributed by atoms with van der Waals surface area (Å²) in [7, 11) is 1.88. The molecule has 0 aliphatic heterocycles. The van der Waals surface area contributed by atoms with Crippen LogP contribution in [0.4, 0.5) is 0 Å². The Bertz CT molecular complexity index is 331. The zero-order chi connectivity index (χ0) is 11.0. The molecule has 0 amide bonds. The number of aromatic nitrogens is 2. The second kappa shape index (κ2) is 4.26. The van der Waals surface area contributed by atoms with E-state index in [9.17, 15) is 5.11 Å². The average molecular weight is 273 g/mol. The first kappa shape index (κ1) is 11.1. The summed E-state index contributed by atoms with van der Waals surface area (Å²) < 4.78 is 2.68. The molecule has 0 saturated heterocycles. The minimum Gasteiger partial charge on any atom is -0.386 e. The Morgan fingerprint density at radius 3 is 2.80 bits per heavy atom. The third kappa shape index (κ3) is 2.11. The third-order valence-corrected chi connectivity index (χ3v) is 4.01. The van der Waals surface area contributed by atoms with E-state index in [2.05, 4.69) is 28.0 Å². The molecule has 1 saturated carbocycles. The fraction of sp³-hybridized carbons (Fsp3) is 0.727. The molecule has 0 bridgehead atoms. The Kier molecular flexibility index (Phi) is 3.16. The SMILES string of the molecule is CC1CCC(C(O)c2c(Br)cnn2C)C1. The van der Waals surface area contributed by atoms with Crippen molar-refractivity contribution in [3.05, 3.63) is 16.4 Å². The average Bonchev–Trinajstić information content (AvgIpc) is 2.73. The number of hydrogen-bond acceptors (Lipinski definition) is 2. The normalized spacial score (nSPS) is 28.3. The summed E-state index contributed by atoms with van der Waals surface area (Å²) in [5.41, 5.74) is 0.911. The van der Waals surface area contributed by atoms with Crippen LogP contribution in [0.3, 0.4) is 0 Å². The molecule has 3 unspecified atom stereocenters. The maximum atomic E-state index is 10.3. The molecule has 15 heavy (non-hydrogen) atoms. The standard InChI is InChI=1S/C11H17BrN2O/c1-7-3-4-8(5-7)11(15)10-9(12)6-13-14(10)2/h6-8,11,15H,3-5H2,1-2H3. The van der Waals surface area contributed by atoms with E-state index in [-0.39, 0.29) is 6.10 Å². The molecule has 0 spiro atoms. The van der Waals surface area contributed by atoms with Crippen molar-refractivity contribution < 1.29 is 5.11 Å². The molecule has 0 radical (unpaired) electrons. The summed E-state index contributed by atoms with van der Waals surface area (Å²) in [6.45, 7) is 2.25. The second-order valence-electron chi connectivity index (χ2n) is 4.62. The number of aliphatic hydroxyl groups excluding tert-OH is 1. The Morgan fingerprint density at radius 2 is 2.33 bits per heavy atom. The molecule has 3 atom stereocenters. The predicted molar refractivity (Wildman–Crippen MR) is 62.4 cm³/mol. The highest BCUT2D eigenvalue weighted by molar-refractivity contribution is 9.10. The lowest BCUT2D eigenvalue weighted by molar-refractivity contribution is 0.101. The van der Waals surface area contributed by atoms with Crippen LogP contribution in [0.5, 0.6) is 0 Å². The number of aryl methyl sites for hydroxylation is 1. The van der Waals surface area contributed by atoms with Crippen molar-refractivity contribution in [2.24, 2.45) is 18.9 Å². The number of aliphatic hydroxyl groups is 1. The lowest BCUT2D eigenvalue weighted by Gasteiger charge is -2.18. The molecule has 0 aromatic carbocycles. The molecule has 2 rings (SSSR count). The molecule has 1 N–H and O–H groups in total. The fourth-order valence-electron chi connectivity index (χ4n) is 2.51. The second-order valence-corrected chi connectivity index (χ2v) is 5.48.